The molecular weight excluding hydrogens is 412 g/mol. The summed E-state index contributed by atoms with van der Waals surface area (Å²) >= 11 is 0. The van der Waals surface area contributed by atoms with Crippen molar-refractivity contribution in [2.45, 2.75) is 57.4 Å². The van der Waals surface area contributed by atoms with Crippen LogP contribution in [-0.4, -0.2) is 53.8 Å². The maximum Gasteiger partial charge on any atom is 0.407 e. The highest BCUT2D eigenvalue weighted by Crippen LogP contribution is 2.36. The zero-order valence-corrected chi connectivity index (χ0v) is 18.3. The van der Waals surface area contributed by atoms with Gasteiger partial charge in [-0.05, 0) is 68.4 Å². The first kappa shape index (κ1) is 22.4. The highest BCUT2D eigenvalue weighted by Gasteiger charge is 2.35. The fraction of sp³-hybridized carbons (Fsp3) is 0.652. The molecule has 9 nitrogen and oxygen atoms in total. The monoisotopic (exact) mass is 444 g/mol. The first-order valence-electron chi connectivity index (χ1n) is 11.6. The average molecular weight is 445 g/mol. The summed E-state index contributed by atoms with van der Waals surface area (Å²) in [7, 11) is 0. The number of aryl methyl sites for hydroxylation is 1. The number of rotatable bonds is 9. The number of hydrogen-bond donors (Lipinski definition) is 4. The molecule has 2 amide bonds. The number of carboxylic acids is 1. The van der Waals surface area contributed by atoms with Crippen molar-refractivity contribution in [3.8, 4) is 0 Å². The van der Waals surface area contributed by atoms with E-state index in [2.05, 4.69) is 28.1 Å². The van der Waals surface area contributed by atoms with Crippen LogP contribution in [0.4, 0.5) is 10.6 Å². The Kier molecular flexibility index (Phi) is 7.12. The van der Waals surface area contributed by atoms with Crippen molar-refractivity contribution in [1.82, 2.24) is 15.6 Å². The number of pyridine rings is 1. The number of hydrogen-bond acceptors (Lipinski definition) is 6. The van der Waals surface area contributed by atoms with Crippen LogP contribution in [0.3, 0.4) is 0 Å². The molecule has 9 heteroatoms. The first-order valence-corrected chi connectivity index (χ1v) is 11.6. The van der Waals surface area contributed by atoms with Crippen molar-refractivity contribution >= 4 is 23.8 Å². The standard InChI is InChI=1S/C23H32N4O5/c28-21(25-12-19(22(29)30)27-23(31)32-13-14-3-1-4-14)17-9-15(10-17)11-18-7-6-16-5-2-8-24-20(16)26-18/h6-7,14-15,17,19H,1-5,8-13H2,(H,24,26)(H,25,28)(H,27,31)(H,29,30)/t15?,17?,19-/m0/s1. The molecule has 3 aliphatic rings. The number of fused-ring (bicyclic) bond motifs is 1. The summed E-state index contributed by atoms with van der Waals surface area (Å²) in [6.45, 7) is 1.11. The summed E-state index contributed by atoms with van der Waals surface area (Å²) in [5, 5.41) is 17.7. The van der Waals surface area contributed by atoms with Crippen molar-refractivity contribution in [2.24, 2.45) is 17.8 Å². The SMILES string of the molecule is O=C(N[C@@H](CNC(=O)C1CC(Cc2ccc3c(n2)NCCC3)C1)C(=O)O)OCC1CCC1. The van der Waals surface area contributed by atoms with Gasteiger partial charge in [-0.1, -0.05) is 12.5 Å². The quantitative estimate of drug-likeness (QED) is 0.459. The average Bonchev–Trinajstić information content (AvgIpc) is 2.71. The summed E-state index contributed by atoms with van der Waals surface area (Å²) in [4.78, 5) is 40.4. The Bertz CT molecular complexity index is 851. The van der Waals surface area contributed by atoms with E-state index in [0.717, 1.165) is 69.4 Å². The molecule has 0 bridgehead atoms. The van der Waals surface area contributed by atoms with Gasteiger partial charge in [0.2, 0.25) is 5.91 Å². The molecular formula is C23H32N4O5. The topological polar surface area (TPSA) is 130 Å². The van der Waals surface area contributed by atoms with Crippen molar-refractivity contribution in [3.05, 3.63) is 23.4 Å². The van der Waals surface area contributed by atoms with Crippen LogP contribution in [-0.2, 0) is 27.2 Å². The van der Waals surface area contributed by atoms with Crippen LogP contribution in [0.5, 0.6) is 0 Å². The molecule has 174 valence electrons. The zero-order chi connectivity index (χ0) is 22.5. The highest BCUT2D eigenvalue weighted by atomic mass is 16.5. The maximum absolute atomic E-state index is 12.4. The Morgan fingerprint density at radius 1 is 1.19 bits per heavy atom. The lowest BCUT2D eigenvalue weighted by molar-refractivity contribution is -0.139. The fourth-order valence-corrected chi connectivity index (χ4v) is 4.48. The Labute approximate surface area is 187 Å². The number of nitrogens with one attached hydrogen (secondary N) is 3. The van der Waals surface area contributed by atoms with Gasteiger partial charge in [0.1, 0.15) is 11.9 Å². The molecule has 2 fully saturated rings. The van der Waals surface area contributed by atoms with E-state index in [1.165, 1.54) is 5.56 Å². The maximum atomic E-state index is 12.4. The van der Waals surface area contributed by atoms with E-state index in [1.54, 1.807) is 0 Å². The van der Waals surface area contributed by atoms with Gasteiger partial charge < -0.3 is 25.8 Å². The van der Waals surface area contributed by atoms with Gasteiger partial charge in [0.05, 0.1) is 6.61 Å². The lowest BCUT2D eigenvalue weighted by atomic mass is 9.72. The molecule has 1 atom stereocenters. The molecule has 2 aliphatic carbocycles. The van der Waals surface area contributed by atoms with Crippen molar-refractivity contribution in [2.75, 3.05) is 25.0 Å². The van der Waals surface area contributed by atoms with Gasteiger partial charge in [-0.15, -0.1) is 0 Å². The molecule has 4 N–H and O–H groups in total. The normalized spacial score (nSPS) is 22.9. The zero-order valence-electron chi connectivity index (χ0n) is 18.3. The number of anilines is 1. The van der Waals surface area contributed by atoms with Crippen molar-refractivity contribution < 1.29 is 24.2 Å². The van der Waals surface area contributed by atoms with Gasteiger partial charge in [0.15, 0.2) is 0 Å². The van der Waals surface area contributed by atoms with Gasteiger partial charge in [0.25, 0.3) is 0 Å². The van der Waals surface area contributed by atoms with Crippen LogP contribution >= 0.6 is 0 Å². The van der Waals surface area contributed by atoms with Crippen molar-refractivity contribution in [1.29, 1.82) is 0 Å². The number of carbonyl (C=O) groups is 3. The van der Waals surface area contributed by atoms with E-state index in [9.17, 15) is 19.5 Å². The van der Waals surface area contributed by atoms with Crippen LogP contribution < -0.4 is 16.0 Å². The van der Waals surface area contributed by atoms with Gasteiger partial charge in [-0.3, -0.25) is 4.79 Å². The van der Waals surface area contributed by atoms with Crippen LogP contribution in [0.1, 0.15) is 49.8 Å². The Morgan fingerprint density at radius 3 is 2.72 bits per heavy atom. The number of carboxylic acid groups (broad SMARTS) is 1. The number of amides is 2. The third-order valence-electron chi connectivity index (χ3n) is 6.80. The minimum Gasteiger partial charge on any atom is -0.480 e. The number of carbonyl (C=O) groups excluding carboxylic acids is 2. The summed E-state index contributed by atoms with van der Waals surface area (Å²) < 4.78 is 5.08. The number of aliphatic carboxylic acids is 1. The first-order chi connectivity index (χ1) is 15.5. The second-order valence-electron chi connectivity index (χ2n) is 9.25. The molecule has 1 aromatic heterocycles. The largest absolute Gasteiger partial charge is 0.480 e. The van der Waals surface area contributed by atoms with Crippen LogP contribution in [0.15, 0.2) is 12.1 Å². The van der Waals surface area contributed by atoms with Gasteiger partial charge in [-0.25, -0.2) is 14.6 Å². The number of alkyl carbamates (subject to hydrolysis) is 1. The number of aromatic nitrogens is 1. The molecule has 32 heavy (non-hydrogen) atoms. The third kappa shape index (κ3) is 5.69. The predicted molar refractivity (Wildman–Crippen MR) is 117 cm³/mol. The van der Waals surface area contributed by atoms with Gasteiger partial charge in [-0.2, -0.15) is 0 Å². The highest BCUT2D eigenvalue weighted by molar-refractivity contribution is 5.83. The third-order valence-corrected chi connectivity index (χ3v) is 6.80. The molecule has 0 saturated heterocycles. The lowest BCUT2D eigenvalue weighted by Crippen LogP contribution is -2.50. The molecule has 2 saturated carbocycles. The second kappa shape index (κ2) is 10.2. The van der Waals surface area contributed by atoms with E-state index in [4.69, 9.17) is 9.72 Å². The Hall–Kier alpha value is -2.84. The molecule has 0 spiro atoms. The van der Waals surface area contributed by atoms with E-state index in [-0.39, 0.29) is 18.4 Å². The minimum absolute atomic E-state index is 0.129. The Balaban J connectivity index is 1.16. The molecule has 2 heterocycles. The van der Waals surface area contributed by atoms with E-state index >= 15 is 0 Å². The van der Waals surface area contributed by atoms with Crippen molar-refractivity contribution in [3.63, 3.8) is 0 Å². The second-order valence-corrected chi connectivity index (χ2v) is 9.25. The van der Waals surface area contributed by atoms with Gasteiger partial charge in [0, 0.05) is 24.7 Å². The molecule has 0 unspecified atom stereocenters. The molecule has 4 rings (SSSR count). The summed E-state index contributed by atoms with van der Waals surface area (Å²) in [6, 6.07) is 3.01. The van der Waals surface area contributed by atoms with E-state index < -0.39 is 18.1 Å². The predicted octanol–water partition coefficient (Wildman–Crippen LogP) is 2.10. The molecule has 1 aliphatic heterocycles. The van der Waals surface area contributed by atoms with Crippen LogP contribution in [0, 0.1) is 17.8 Å². The number of nitrogens with zero attached hydrogens (tertiary/aromatic N) is 1. The summed E-state index contributed by atoms with van der Waals surface area (Å²) in [6.07, 6.45) is 7.00. The fourth-order valence-electron chi connectivity index (χ4n) is 4.48. The summed E-state index contributed by atoms with van der Waals surface area (Å²) in [5.74, 6) is 0.260. The smallest absolute Gasteiger partial charge is 0.407 e. The minimum atomic E-state index is -1.21. The Morgan fingerprint density at radius 2 is 2.00 bits per heavy atom. The molecule has 1 aromatic rings. The molecule has 0 radical (unpaired) electrons. The summed E-state index contributed by atoms with van der Waals surface area (Å²) in [5.41, 5.74) is 2.30. The number of ether oxygens (including phenoxy) is 1. The van der Waals surface area contributed by atoms with E-state index in [0.29, 0.717) is 18.4 Å². The van der Waals surface area contributed by atoms with Crippen LogP contribution in [0.25, 0.3) is 0 Å². The van der Waals surface area contributed by atoms with E-state index in [1.807, 2.05) is 0 Å². The van der Waals surface area contributed by atoms with Gasteiger partial charge >= 0.3 is 12.1 Å². The van der Waals surface area contributed by atoms with Crippen LogP contribution in [0.2, 0.25) is 0 Å². The lowest BCUT2D eigenvalue weighted by Gasteiger charge is -2.34. The molecule has 0 aromatic carbocycles.